The Morgan fingerprint density at radius 3 is 2.50 bits per heavy atom. The van der Waals surface area contributed by atoms with Crippen molar-refractivity contribution >= 4 is 35.4 Å². The van der Waals surface area contributed by atoms with Gasteiger partial charge in [-0.1, -0.05) is 36.0 Å². The zero-order chi connectivity index (χ0) is 15.7. The van der Waals surface area contributed by atoms with Crippen LogP contribution >= 0.6 is 11.8 Å². The maximum Gasteiger partial charge on any atom is 0.335 e. The molecule has 1 aliphatic rings. The Balaban J connectivity index is 1.95. The van der Waals surface area contributed by atoms with Gasteiger partial charge in [-0.05, 0) is 35.9 Å². The molecule has 2 aromatic rings. The van der Waals surface area contributed by atoms with Crippen molar-refractivity contribution in [2.45, 2.75) is 4.90 Å². The second-order valence-electron chi connectivity index (χ2n) is 4.87. The molecule has 1 N–H and O–H groups in total. The number of fused-ring (bicyclic) bond motifs is 1. The first kappa shape index (κ1) is 14.4. The number of thioether (sulfide) groups is 1. The van der Waals surface area contributed by atoms with E-state index >= 15 is 0 Å². The second kappa shape index (κ2) is 5.69. The highest BCUT2D eigenvalue weighted by molar-refractivity contribution is 8.04. The lowest BCUT2D eigenvalue weighted by Crippen LogP contribution is -2.29. The molecule has 3 rings (SSSR count). The molecule has 22 heavy (non-hydrogen) atoms. The van der Waals surface area contributed by atoms with Crippen molar-refractivity contribution in [1.29, 1.82) is 0 Å². The Bertz CT molecular complexity index is 781. The fourth-order valence-electron chi connectivity index (χ4n) is 2.22. The van der Waals surface area contributed by atoms with Crippen LogP contribution < -0.4 is 4.90 Å². The van der Waals surface area contributed by atoms with Crippen LogP contribution in [0.2, 0.25) is 0 Å². The van der Waals surface area contributed by atoms with Gasteiger partial charge in [0.25, 0.3) is 5.91 Å². The average Bonchev–Trinajstić information content (AvgIpc) is 2.53. The van der Waals surface area contributed by atoms with E-state index in [4.69, 9.17) is 5.11 Å². The van der Waals surface area contributed by atoms with Gasteiger partial charge in [0.1, 0.15) is 0 Å². The number of hydrogen-bond donors (Lipinski definition) is 1. The minimum atomic E-state index is -0.962. The number of carboxylic acids is 1. The first-order valence-electron chi connectivity index (χ1n) is 6.66. The van der Waals surface area contributed by atoms with Crippen LogP contribution in [-0.4, -0.2) is 24.0 Å². The third-order valence-corrected chi connectivity index (χ3v) is 4.49. The Labute approximate surface area is 132 Å². The van der Waals surface area contributed by atoms with Crippen LogP contribution in [0.3, 0.4) is 0 Å². The SMILES string of the molecule is CN1C(=O)/C(=C\c2ccc(C(=O)O)cc2)Sc2ccccc21. The first-order chi connectivity index (χ1) is 10.6. The van der Waals surface area contributed by atoms with Crippen LogP contribution in [0.25, 0.3) is 6.08 Å². The molecule has 0 aromatic heterocycles. The molecule has 1 heterocycles. The molecule has 0 atom stereocenters. The van der Waals surface area contributed by atoms with Crippen LogP contribution in [0.15, 0.2) is 58.3 Å². The maximum absolute atomic E-state index is 12.4. The molecule has 0 aliphatic carbocycles. The van der Waals surface area contributed by atoms with Gasteiger partial charge in [-0.15, -0.1) is 0 Å². The average molecular weight is 311 g/mol. The summed E-state index contributed by atoms with van der Waals surface area (Å²) < 4.78 is 0. The van der Waals surface area contributed by atoms with E-state index in [1.54, 1.807) is 30.2 Å². The molecular formula is C17H13NO3S. The number of carboxylic acid groups (broad SMARTS) is 1. The van der Waals surface area contributed by atoms with Crippen LogP contribution in [0.1, 0.15) is 15.9 Å². The normalized spacial score (nSPS) is 15.8. The molecule has 110 valence electrons. The van der Waals surface area contributed by atoms with Crippen molar-refractivity contribution in [3.63, 3.8) is 0 Å². The van der Waals surface area contributed by atoms with E-state index in [1.807, 2.05) is 24.3 Å². The lowest BCUT2D eigenvalue weighted by molar-refractivity contribution is -0.114. The van der Waals surface area contributed by atoms with Gasteiger partial charge in [0.05, 0.1) is 16.2 Å². The molecule has 0 unspecified atom stereocenters. The zero-order valence-corrected chi connectivity index (χ0v) is 12.6. The van der Waals surface area contributed by atoms with E-state index in [0.717, 1.165) is 16.1 Å². The summed E-state index contributed by atoms with van der Waals surface area (Å²) in [4.78, 5) is 26.5. The topological polar surface area (TPSA) is 57.6 Å². The fraction of sp³-hybridized carbons (Fsp3) is 0.0588. The summed E-state index contributed by atoms with van der Waals surface area (Å²) in [5.41, 5.74) is 1.93. The van der Waals surface area contributed by atoms with Gasteiger partial charge < -0.3 is 10.0 Å². The number of carbonyl (C=O) groups is 2. The molecule has 1 amide bonds. The summed E-state index contributed by atoms with van der Waals surface area (Å²) >= 11 is 1.43. The van der Waals surface area contributed by atoms with Gasteiger partial charge in [0.15, 0.2) is 0 Å². The second-order valence-corrected chi connectivity index (χ2v) is 5.95. The van der Waals surface area contributed by atoms with Crippen molar-refractivity contribution in [2.75, 3.05) is 11.9 Å². The number of hydrogen-bond acceptors (Lipinski definition) is 3. The third-order valence-electron chi connectivity index (χ3n) is 3.42. The summed E-state index contributed by atoms with van der Waals surface area (Å²) in [7, 11) is 1.75. The number of para-hydroxylation sites is 1. The Kier molecular flexibility index (Phi) is 3.73. The van der Waals surface area contributed by atoms with E-state index in [9.17, 15) is 9.59 Å². The lowest BCUT2D eigenvalue weighted by atomic mass is 10.1. The lowest BCUT2D eigenvalue weighted by Gasteiger charge is -2.26. The molecule has 2 aromatic carbocycles. The van der Waals surface area contributed by atoms with E-state index in [2.05, 4.69) is 0 Å². The smallest absolute Gasteiger partial charge is 0.335 e. The van der Waals surface area contributed by atoms with E-state index < -0.39 is 5.97 Å². The number of likely N-dealkylation sites (N-methyl/N-ethyl adjacent to an activating group) is 1. The minimum Gasteiger partial charge on any atom is -0.478 e. The molecule has 4 nitrogen and oxygen atoms in total. The van der Waals surface area contributed by atoms with Crippen LogP contribution in [0.4, 0.5) is 5.69 Å². The van der Waals surface area contributed by atoms with Crippen molar-refractivity contribution < 1.29 is 14.7 Å². The Morgan fingerprint density at radius 1 is 1.14 bits per heavy atom. The highest BCUT2D eigenvalue weighted by Crippen LogP contribution is 2.41. The fourth-order valence-corrected chi connectivity index (χ4v) is 3.33. The Hall–Kier alpha value is -2.53. The van der Waals surface area contributed by atoms with Crippen molar-refractivity contribution in [3.05, 3.63) is 64.6 Å². The minimum absolute atomic E-state index is 0.0639. The Morgan fingerprint density at radius 2 is 1.82 bits per heavy atom. The number of rotatable bonds is 2. The number of nitrogens with zero attached hydrogens (tertiary/aromatic N) is 1. The summed E-state index contributed by atoms with van der Waals surface area (Å²) in [6.07, 6.45) is 1.78. The van der Waals surface area contributed by atoms with Crippen molar-refractivity contribution in [2.24, 2.45) is 0 Å². The monoisotopic (exact) mass is 311 g/mol. The number of aromatic carboxylic acids is 1. The summed E-state index contributed by atoms with van der Waals surface area (Å²) in [5, 5.41) is 8.90. The van der Waals surface area contributed by atoms with Crippen molar-refractivity contribution in [1.82, 2.24) is 0 Å². The van der Waals surface area contributed by atoms with E-state index in [-0.39, 0.29) is 11.5 Å². The number of amides is 1. The zero-order valence-electron chi connectivity index (χ0n) is 11.8. The molecule has 0 fully saturated rings. The van der Waals surface area contributed by atoms with E-state index in [0.29, 0.717) is 4.91 Å². The quantitative estimate of drug-likeness (QED) is 0.863. The maximum atomic E-state index is 12.4. The van der Waals surface area contributed by atoms with Gasteiger partial charge in [-0.25, -0.2) is 4.79 Å². The van der Waals surface area contributed by atoms with Gasteiger partial charge in [-0.2, -0.15) is 0 Å². The molecular weight excluding hydrogens is 298 g/mol. The van der Waals surface area contributed by atoms with Crippen LogP contribution in [-0.2, 0) is 4.79 Å². The van der Waals surface area contributed by atoms with Gasteiger partial charge in [0, 0.05) is 11.9 Å². The highest BCUT2D eigenvalue weighted by Gasteiger charge is 2.25. The van der Waals surface area contributed by atoms with Gasteiger partial charge in [-0.3, -0.25) is 4.79 Å². The molecule has 1 aliphatic heterocycles. The first-order valence-corrected chi connectivity index (χ1v) is 7.48. The standard InChI is InChI=1S/C17H13NO3S/c1-18-13-4-2-3-5-14(13)22-15(16(18)19)10-11-6-8-12(9-7-11)17(20)21/h2-10H,1H3,(H,20,21)/b15-10+. The summed E-state index contributed by atoms with van der Waals surface area (Å²) in [6.45, 7) is 0. The van der Waals surface area contributed by atoms with E-state index in [1.165, 1.54) is 23.9 Å². The number of benzene rings is 2. The molecule has 0 spiro atoms. The summed E-state index contributed by atoms with van der Waals surface area (Å²) in [5.74, 6) is -1.03. The molecule has 0 bridgehead atoms. The molecule has 0 saturated carbocycles. The largest absolute Gasteiger partial charge is 0.478 e. The highest BCUT2D eigenvalue weighted by atomic mass is 32.2. The third kappa shape index (κ3) is 2.63. The number of carbonyl (C=O) groups excluding carboxylic acids is 1. The van der Waals surface area contributed by atoms with Crippen LogP contribution in [0.5, 0.6) is 0 Å². The molecule has 0 saturated heterocycles. The molecule has 5 heteroatoms. The van der Waals surface area contributed by atoms with Gasteiger partial charge in [0.2, 0.25) is 0 Å². The summed E-state index contributed by atoms with van der Waals surface area (Å²) in [6, 6.07) is 14.2. The predicted octanol–water partition coefficient (Wildman–Crippen LogP) is 3.49. The number of anilines is 1. The molecule has 0 radical (unpaired) electrons. The predicted molar refractivity (Wildman–Crippen MR) is 87.1 cm³/mol. The van der Waals surface area contributed by atoms with Crippen LogP contribution in [0, 0.1) is 0 Å². The van der Waals surface area contributed by atoms with Gasteiger partial charge >= 0.3 is 5.97 Å². The van der Waals surface area contributed by atoms with Crippen molar-refractivity contribution in [3.8, 4) is 0 Å².